The van der Waals surface area contributed by atoms with E-state index < -0.39 is 12.1 Å². The maximum atomic E-state index is 12.4. The minimum atomic E-state index is -0.653. The van der Waals surface area contributed by atoms with Crippen molar-refractivity contribution in [2.75, 3.05) is 6.61 Å². The van der Waals surface area contributed by atoms with E-state index in [4.69, 9.17) is 0 Å². The summed E-state index contributed by atoms with van der Waals surface area (Å²) >= 11 is 0. The smallest absolute Gasteiger partial charge is 0.220 e. The fourth-order valence-corrected chi connectivity index (χ4v) is 8.42. The molecule has 0 spiro atoms. The van der Waals surface area contributed by atoms with Gasteiger partial charge in [-0.25, -0.2) is 0 Å². The molecule has 0 aliphatic rings. The largest absolute Gasteiger partial charge is 0.394 e. The highest BCUT2D eigenvalue weighted by Crippen LogP contribution is 2.18. The number of rotatable bonds is 48. The minimum Gasteiger partial charge on any atom is -0.394 e. The van der Waals surface area contributed by atoms with Crippen LogP contribution in [0.2, 0.25) is 0 Å². The van der Waals surface area contributed by atoms with Crippen molar-refractivity contribution in [2.24, 2.45) is 0 Å². The number of hydrogen-bond donors (Lipinski definition) is 3. The minimum absolute atomic E-state index is 0.0260. The van der Waals surface area contributed by atoms with Crippen LogP contribution in [-0.2, 0) is 4.79 Å². The number of aliphatic hydroxyl groups excluding tert-OH is 2. The molecule has 0 bridgehead atoms. The van der Waals surface area contributed by atoms with E-state index in [-0.39, 0.29) is 12.5 Å². The molecular formula is C51H103NO3. The monoisotopic (exact) mass is 778 g/mol. The fraction of sp³-hybridized carbons (Fsp3) is 0.980. The molecule has 1 amide bonds. The molecule has 0 radical (unpaired) electrons. The Morgan fingerprint density at radius 3 is 0.818 bits per heavy atom. The molecule has 4 heteroatoms. The van der Waals surface area contributed by atoms with Gasteiger partial charge in [-0.15, -0.1) is 0 Å². The SMILES string of the molecule is CCCCCCCCCCCCCCCCCCCCCCCCCCCCCCCCC(O)C(CO)NC(=O)CCCCCCCCCCCCCCC. The molecule has 0 saturated heterocycles. The van der Waals surface area contributed by atoms with Crippen LogP contribution in [0.4, 0.5) is 0 Å². The fourth-order valence-electron chi connectivity index (χ4n) is 8.42. The Bertz CT molecular complexity index is 714. The average Bonchev–Trinajstić information content (AvgIpc) is 3.19. The molecule has 330 valence electrons. The summed E-state index contributed by atoms with van der Waals surface area (Å²) in [6.45, 7) is 4.39. The second-order valence-electron chi connectivity index (χ2n) is 18.0. The standard InChI is InChI=1S/C51H103NO3/c1-3-5-7-9-11-13-15-17-18-19-20-21-22-23-24-25-26-27-28-29-30-31-32-33-35-36-38-40-42-44-46-50(54)49(48-53)52-51(55)47-45-43-41-39-37-34-16-14-12-10-8-6-4-2/h49-50,53-54H,3-48H2,1-2H3,(H,52,55). The van der Waals surface area contributed by atoms with E-state index in [0.717, 1.165) is 25.7 Å². The van der Waals surface area contributed by atoms with E-state index in [1.165, 1.54) is 250 Å². The number of carbonyl (C=O) groups is 1. The second-order valence-corrected chi connectivity index (χ2v) is 18.0. The summed E-state index contributed by atoms with van der Waals surface area (Å²) < 4.78 is 0. The van der Waals surface area contributed by atoms with Crippen molar-refractivity contribution in [1.29, 1.82) is 0 Å². The highest BCUT2D eigenvalue weighted by Gasteiger charge is 2.20. The lowest BCUT2D eigenvalue weighted by molar-refractivity contribution is -0.123. The van der Waals surface area contributed by atoms with Crippen molar-refractivity contribution in [2.45, 2.75) is 315 Å². The van der Waals surface area contributed by atoms with Gasteiger partial charge in [0.15, 0.2) is 0 Å². The van der Waals surface area contributed by atoms with Crippen molar-refractivity contribution in [3.63, 3.8) is 0 Å². The molecule has 0 aromatic heterocycles. The molecule has 55 heavy (non-hydrogen) atoms. The van der Waals surface area contributed by atoms with Crippen molar-refractivity contribution in [1.82, 2.24) is 5.32 Å². The summed E-state index contributed by atoms with van der Waals surface area (Å²) in [7, 11) is 0. The number of hydrogen-bond acceptors (Lipinski definition) is 3. The predicted molar refractivity (Wildman–Crippen MR) is 244 cm³/mol. The van der Waals surface area contributed by atoms with E-state index in [1.807, 2.05) is 0 Å². The van der Waals surface area contributed by atoms with Crippen LogP contribution in [0.3, 0.4) is 0 Å². The van der Waals surface area contributed by atoms with Gasteiger partial charge in [-0.2, -0.15) is 0 Å². The molecule has 0 saturated carbocycles. The van der Waals surface area contributed by atoms with E-state index in [0.29, 0.717) is 12.8 Å². The third-order valence-electron chi connectivity index (χ3n) is 12.4. The molecule has 0 aliphatic carbocycles. The zero-order chi connectivity index (χ0) is 40.0. The first kappa shape index (κ1) is 54.4. The molecule has 2 unspecified atom stereocenters. The Labute approximate surface area is 346 Å². The van der Waals surface area contributed by atoms with E-state index in [2.05, 4.69) is 19.2 Å². The third kappa shape index (κ3) is 44.3. The summed E-state index contributed by atoms with van der Waals surface area (Å²) in [4.78, 5) is 12.4. The average molecular weight is 778 g/mol. The van der Waals surface area contributed by atoms with Gasteiger partial charge >= 0.3 is 0 Å². The Balaban J connectivity index is 3.37. The molecule has 4 nitrogen and oxygen atoms in total. The lowest BCUT2D eigenvalue weighted by Gasteiger charge is -2.22. The highest BCUT2D eigenvalue weighted by atomic mass is 16.3. The molecule has 0 aliphatic heterocycles. The number of nitrogens with one attached hydrogen (secondary N) is 1. The lowest BCUT2D eigenvalue weighted by atomic mass is 10.0. The van der Waals surface area contributed by atoms with Gasteiger partial charge < -0.3 is 15.5 Å². The van der Waals surface area contributed by atoms with Crippen LogP contribution >= 0.6 is 0 Å². The molecular weight excluding hydrogens is 675 g/mol. The Morgan fingerprint density at radius 2 is 0.582 bits per heavy atom. The van der Waals surface area contributed by atoms with Gasteiger partial charge in [0.1, 0.15) is 0 Å². The van der Waals surface area contributed by atoms with Gasteiger partial charge in [0.05, 0.1) is 18.8 Å². The number of amides is 1. The van der Waals surface area contributed by atoms with Crippen molar-refractivity contribution in [3.05, 3.63) is 0 Å². The molecule has 3 N–H and O–H groups in total. The van der Waals surface area contributed by atoms with Gasteiger partial charge in [0.25, 0.3) is 0 Å². The Kier molecular flexibility index (Phi) is 47.2. The van der Waals surface area contributed by atoms with E-state index in [1.54, 1.807) is 0 Å². The zero-order valence-corrected chi connectivity index (χ0v) is 38.0. The quantitative estimate of drug-likeness (QED) is 0.0539. The normalized spacial score (nSPS) is 12.7. The number of aliphatic hydroxyl groups is 2. The number of carbonyl (C=O) groups excluding carboxylic acids is 1. The van der Waals surface area contributed by atoms with Crippen LogP contribution in [0.15, 0.2) is 0 Å². The van der Waals surface area contributed by atoms with Gasteiger partial charge in [-0.1, -0.05) is 284 Å². The van der Waals surface area contributed by atoms with Gasteiger partial charge in [0.2, 0.25) is 5.91 Å². The summed E-state index contributed by atoms with van der Waals surface area (Å²) in [5.41, 5.74) is 0. The first-order valence-electron chi connectivity index (χ1n) is 25.7. The van der Waals surface area contributed by atoms with Crippen molar-refractivity contribution in [3.8, 4) is 0 Å². The summed E-state index contributed by atoms with van der Waals surface area (Å²) in [5, 5.41) is 23.2. The Hall–Kier alpha value is -0.610. The van der Waals surface area contributed by atoms with Crippen molar-refractivity contribution < 1.29 is 15.0 Å². The van der Waals surface area contributed by atoms with Gasteiger partial charge in [0, 0.05) is 6.42 Å². The second kappa shape index (κ2) is 47.8. The summed E-state index contributed by atoms with van der Waals surface area (Å²) in [6.07, 6.45) is 59.4. The van der Waals surface area contributed by atoms with E-state index in [9.17, 15) is 15.0 Å². The van der Waals surface area contributed by atoms with Crippen LogP contribution in [0.5, 0.6) is 0 Å². The molecule has 0 aromatic carbocycles. The van der Waals surface area contributed by atoms with Gasteiger partial charge in [-0.3, -0.25) is 4.79 Å². The zero-order valence-electron chi connectivity index (χ0n) is 38.0. The first-order chi connectivity index (χ1) is 27.2. The van der Waals surface area contributed by atoms with Crippen LogP contribution < -0.4 is 5.32 Å². The molecule has 0 fully saturated rings. The maximum absolute atomic E-state index is 12.4. The summed E-state index contributed by atoms with van der Waals surface area (Å²) in [6, 6.07) is -0.530. The molecule has 2 atom stereocenters. The molecule has 0 aromatic rings. The van der Waals surface area contributed by atoms with Crippen LogP contribution in [-0.4, -0.2) is 34.9 Å². The van der Waals surface area contributed by atoms with Crippen molar-refractivity contribution >= 4 is 5.91 Å². The predicted octanol–water partition coefficient (Wildman–Crippen LogP) is 16.4. The topological polar surface area (TPSA) is 69.6 Å². The van der Waals surface area contributed by atoms with Crippen LogP contribution in [0, 0.1) is 0 Å². The van der Waals surface area contributed by atoms with Crippen LogP contribution in [0.25, 0.3) is 0 Å². The van der Waals surface area contributed by atoms with Crippen LogP contribution in [0.1, 0.15) is 303 Å². The first-order valence-corrected chi connectivity index (χ1v) is 25.7. The third-order valence-corrected chi connectivity index (χ3v) is 12.4. The highest BCUT2D eigenvalue weighted by molar-refractivity contribution is 5.76. The van der Waals surface area contributed by atoms with Gasteiger partial charge in [-0.05, 0) is 12.8 Å². The lowest BCUT2D eigenvalue weighted by Crippen LogP contribution is -2.45. The summed E-state index contributed by atoms with van der Waals surface area (Å²) in [5.74, 6) is -0.0260. The number of unbranched alkanes of at least 4 members (excludes halogenated alkanes) is 41. The molecule has 0 rings (SSSR count). The van der Waals surface area contributed by atoms with E-state index >= 15 is 0 Å². The molecule has 0 heterocycles. The maximum Gasteiger partial charge on any atom is 0.220 e. The Morgan fingerprint density at radius 1 is 0.364 bits per heavy atom.